The molecule has 1 aromatic carbocycles. The number of halogens is 2. The number of hydrogen-bond acceptors (Lipinski definition) is 5. The van der Waals surface area contributed by atoms with Crippen molar-refractivity contribution in [3.05, 3.63) is 28.2 Å². The summed E-state index contributed by atoms with van der Waals surface area (Å²) in [4.78, 5) is 40.1. The second-order valence-electron chi connectivity index (χ2n) is 7.99. The van der Waals surface area contributed by atoms with Gasteiger partial charge in [-0.2, -0.15) is 0 Å². The largest absolute Gasteiger partial charge is 0.468 e. The molecule has 3 amide bonds. The minimum absolute atomic E-state index is 0.215. The number of rotatable bonds is 4. The fourth-order valence-electron chi connectivity index (χ4n) is 3.08. The first kappa shape index (κ1) is 24.1. The molecule has 1 aromatic rings. The zero-order chi connectivity index (χ0) is 22.5. The molecule has 8 nitrogen and oxygen atoms in total. The van der Waals surface area contributed by atoms with Crippen LogP contribution < -0.4 is 5.32 Å². The predicted octanol–water partition coefficient (Wildman–Crippen LogP) is 4.40. The van der Waals surface area contributed by atoms with E-state index in [-0.39, 0.29) is 12.6 Å². The third-order valence-electron chi connectivity index (χ3n) is 4.46. The smallest absolute Gasteiger partial charge is 0.410 e. The van der Waals surface area contributed by atoms with Crippen LogP contribution in [0.1, 0.15) is 33.6 Å². The van der Waals surface area contributed by atoms with E-state index < -0.39 is 23.7 Å². The van der Waals surface area contributed by atoms with Crippen LogP contribution in [0.5, 0.6) is 0 Å². The molecule has 0 bridgehead atoms. The summed E-state index contributed by atoms with van der Waals surface area (Å²) in [7, 11) is 1.26. The topological polar surface area (TPSA) is 88.2 Å². The number of carbonyl (C=O) groups excluding carboxylic acids is 3. The molecule has 10 heteroatoms. The highest BCUT2D eigenvalue weighted by Crippen LogP contribution is 2.24. The molecule has 1 saturated heterocycles. The van der Waals surface area contributed by atoms with Crippen molar-refractivity contribution in [2.45, 2.75) is 45.3 Å². The van der Waals surface area contributed by atoms with Gasteiger partial charge >= 0.3 is 18.1 Å². The van der Waals surface area contributed by atoms with E-state index in [1.54, 1.807) is 23.1 Å². The van der Waals surface area contributed by atoms with Crippen molar-refractivity contribution in [1.82, 2.24) is 9.80 Å². The summed E-state index contributed by atoms with van der Waals surface area (Å²) in [6, 6.07) is 3.95. The summed E-state index contributed by atoms with van der Waals surface area (Å²) in [5, 5.41) is 3.48. The normalized spacial score (nSPS) is 14.8. The fraction of sp³-hybridized carbons (Fsp3) is 0.550. The first-order valence-electron chi connectivity index (χ1n) is 9.57. The predicted molar refractivity (Wildman–Crippen MR) is 115 cm³/mol. The van der Waals surface area contributed by atoms with Crippen LogP contribution >= 0.6 is 23.2 Å². The Hall–Kier alpha value is -2.19. The van der Waals surface area contributed by atoms with Crippen molar-refractivity contribution >= 4 is 47.0 Å². The molecular formula is C20H27Cl2N3O5. The maximum Gasteiger partial charge on any atom is 0.410 e. The number of ether oxygens (including phenoxy) is 2. The third-order valence-corrected chi connectivity index (χ3v) is 4.90. The molecule has 166 valence electrons. The minimum atomic E-state index is -0.580. The van der Waals surface area contributed by atoms with E-state index in [2.05, 4.69) is 5.32 Å². The van der Waals surface area contributed by atoms with Crippen molar-refractivity contribution in [1.29, 1.82) is 0 Å². The van der Waals surface area contributed by atoms with E-state index in [4.69, 9.17) is 32.7 Å². The van der Waals surface area contributed by atoms with Gasteiger partial charge in [0, 0.05) is 34.9 Å². The monoisotopic (exact) mass is 459 g/mol. The lowest BCUT2D eigenvalue weighted by Gasteiger charge is -2.38. The Morgan fingerprint density at radius 1 is 1.13 bits per heavy atom. The summed E-state index contributed by atoms with van der Waals surface area (Å²) in [6.45, 7) is 6.03. The molecule has 0 unspecified atom stereocenters. The summed E-state index contributed by atoms with van der Waals surface area (Å²) < 4.78 is 10.1. The standard InChI is InChI=1S/C20H27Cl2N3O5/c1-20(2,3)30-19(28)24-7-5-16(6-8-24)25(12-17(26)29-4)18(27)23-15-10-13(21)9-14(22)11-15/h9-11,16H,5-8,12H2,1-4H3,(H,23,27). The van der Waals surface area contributed by atoms with Crippen LogP contribution in [0.3, 0.4) is 0 Å². The average Bonchev–Trinajstić information content (AvgIpc) is 2.63. The molecule has 0 aromatic heterocycles. The van der Waals surface area contributed by atoms with E-state index in [9.17, 15) is 14.4 Å². The van der Waals surface area contributed by atoms with Crippen LogP contribution in [0.4, 0.5) is 15.3 Å². The second kappa shape index (κ2) is 10.2. The number of esters is 1. The maximum atomic E-state index is 12.9. The van der Waals surface area contributed by atoms with Gasteiger partial charge in [0.05, 0.1) is 7.11 Å². The van der Waals surface area contributed by atoms with Gasteiger partial charge in [0.2, 0.25) is 0 Å². The zero-order valence-electron chi connectivity index (χ0n) is 17.5. The molecule has 0 atom stereocenters. The van der Waals surface area contributed by atoms with Gasteiger partial charge in [-0.05, 0) is 51.8 Å². The lowest BCUT2D eigenvalue weighted by Crippen LogP contribution is -2.52. The van der Waals surface area contributed by atoms with Crippen LogP contribution in [0.2, 0.25) is 10.0 Å². The van der Waals surface area contributed by atoms with Crippen LogP contribution in [-0.2, 0) is 14.3 Å². The molecule has 0 saturated carbocycles. The molecule has 1 fully saturated rings. The van der Waals surface area contributed by atoms with Crippen LogP contribution in [0, 0.1) is 0 Å². The summed E-state index contributed by atoms with van der Waals surface area (Å²) in [5.74, 6) is -0.538. The highest BCUT2D eigenvalue weighted by Gasteiger charge is 2.32. The molecule has 2 rings (SSSR count). The third kappa shape index (κ3) is 7.25. The number of methoxy groups -OCH3 is 1. The number of hydrogen-bond donors (Lipinski definition) is 1. The number of urea groups is 1. The van der Waals surface area contributed by atoms with Gasteiger partial charge in [-0.1, -0.05) is 23.2 Å². The first-order chi connectivity index (χ1) is 14.0. The molecule has 1 aliphatic heterocycles. The molecule has 0 radical (unpaired) electrons. The molecule has 1 aliphatic rings. The highest BCUT2D eigenvalue weighted by atomic mass is 35.5. The Labute approximate surface area is 186 Å². The fourth-order valence-corrected chi connectivity index (χ4v) is 3.60. The molecular weight excluding hydrogens is 433 g/mol. The van der Waals surface area contributed by atoms with Crippen molar-refractivity contribution < 1.29 is 23.9 Å². The lowest BCUT2D eigenvalue weighted by atomic mass is 10.0. The van der Waals surface area contributed by atoms with Crippen molar-refractivity contribution in [2.24, 2.45) is 0 Å². The molecule has 1 N–H and O–H groups in total. The van der Waals surface area contributed by atoms with Gasteiger partial charge in [-0.15, -0.1) is 0 Å². The van der Waals surface area contributed by atoms with Gasteiger partial charge in [0.1, 0.15) is 12.1 Å². The summed E-state index contributed by atoms with van der Waals surface area (Å²) in [5.41, 5.74) is -0.165. The van der Waals surface area contributed by atoms with Crippen LogP contribution in [-0.4, -0.2) is 66.3 Å². The van der Waals surface area contributed by atoms with Gasteiger partial charge in [-0.3, -0.25) is 4.79 Å². The van der Waals surface area contributed by atoms with Gasteiger partial charge < -0.3 is 24.6 Å². The minimum Gasteiger partial charge on any atom is -0.468 e. The van der Waals surface area contributed by atoms with E-state index in [1.165, 1.54) is 12.0 Å². The molecule has 0 aliphatic carbocycles. The number of piperidine rings is 1. The Morgan fingerprint density at radius 3 is 2.20 bits per heavy atom. The Kier molecular flexibility index (Phi) is 8.20. The first-order valence-corrected chi connectivity index (χ1v) is 10.3. The van der Waals surface area contributed by atoms with E-state index in [1.807, 2.05) is 20.8 Å². The van der Waals surface area contributed by atoms with Gasteiger partial charge in [-0.25, -0.2) is 9.59 Å². The number of anilines is 1. The number of nitrogens with one attached hydrogen (secondary N) is 1. The second-order valence-corrected chi connectivity index (χ2v) is 8.86. The average molecular weight is 460 g/mol. The zero-order valence-corrected chi connectivity index (χ0v) is 19.0. The Bertz CT molecular complexity index is 769. The SMILES string of the molecule is COC(=O)CN(C(=O)Nc1cc(Cl)cc(Cl)c1)C1CCN(C(=O)OC(C)(C)C)CC1. The number of likely N-dealkylation sites (tertiary alicyclic amines) is 1. The van der Waals surface area contributed by atoms with Crippen molar-refractivity contribution in [3.8, 4) is 0 Å². The van der Waals surface area contributed by atoms with E-state index in [0.717, 1.165) is 0 Å². The van der Waals surface area contributed by atoms with Gasteiger partial charge in [0.15, 0.2) is 0 Å². The summed E-state index contributed by atoms with van der Waals surface area (Å²) in [6.07, 6.45) is 0.610. The molecule has 0 spiro atoms. The maximum absolute atomic E-state index is 12.9. The molecule has 1 heterocycles. The van der Waals surface area contributed by atoms with Gasteiger partial charge in [0.25, 0.3) is 0 Å². The van der Waals surface area contributed by atoms with Crippen LogP contribution in [0.25, 0.3) is 0 Å². The van der Waals surface area contributed by atoms with E-state index >= 15 is 0 Å². The number of nitrogens with zero attached hydrogens (tertiary/aromatic N) is 2. The highest BCUT2D eigenvalue weighted by molar-refractivity contribution is 6.35. The number of benzene rings is 1. The van der Waals surface area contributed by atoms with Crippen molar-refractivity contribution in [3.63, 3.8) is 0 Å². The van der Waals surface area contributed by atoms with E-state index in [0.29, 0.717) is 41.7 Å². The number of amides is 3. The Morgan fingerprint density at radius 2 is 1.70 bits per heavy atom. The summed E-state index contributed by atoms with van der Waals surface area (Å²) >= 11 is 12.0. The lowest BCUT2D eigenvalue weighted by molar-refractivity contribution is -0.141. The van der Waals surface area contributed by atoms with Crippen LogP contribution in [0.15, 0.2) is 18.2 Å². The Balaban J connectivity index is 2.07. The number of carbonyl (C=O) groups is 3. The molecule has 30 heavy (non-hydrogen) atoms. The quantitative estimate of drug-likeness (QED) is 0.673. The van der Waals surface area contributed by atoms with Crippen molar-refractivity contribution in [2.75, 3.05) is 32.1 Å².